The molecule has 3 rings (SSSR count). The Morgan fingerprint density at radius 3 is 2.72 bits per heavy atom. The number of methoxy groups -OCH3 is 1. The number of thioether (sulfide) groups is 1. The van der Waals surface area contributed by atoms with Crippen molar-refractivity contribution in [1.82, 2.24) is 14.8 Å². The van der Waals surface area contributed by atoms with Crippen molar-refractivity contribution in [3.63, 3.8) is 0 Å². The molecule has 1 N–H and O–H groups in total. The summed E-state index contributed by atoms with van der Waals surface area (Å²) in [7, 11) is 1.56. The Morgan fingerprint density at radius 2 is 2.03 bits per heavy atom. The second-order valence-electron chi connectivity index (χ2n) is 6.25. The molecule has 6 nitrogen and oxygen atoms in total. The van der Waals surface area contributed by atoms with Gasteiger partial charge in [0, 0.05) is 18.2 Å². The standard InChI is InChI=1S/C21H21ClN4O2S/c1-4-11-26-20(15-7-5-14(2)6-8-15)24-25-21(26)29-13-19(27)23-18-12-16(28-3)9-10-17(18)22/h4-10,12H,1,11,13H2,2-3H3,(H,23,27). The van der Waals surface area contributed by atoms with E-state index in [4.69, 9.17) is 16.3 Å². The van der Waals surface area contributed by atoms with Gasteiger partial charge in [-0.2, -0.15) is 0 Å². The molecule has 0 aliphatic heterocycles. The SMILES string of the molecule is C=CCn1c(SCC(=O)Nc2cc(OC)ccc2Cl)nnc1-c1ccc(C)cc1. The largest absolute Gasteiger partial charge is 0.497 e. The van der Waals surface area contributed by atoms with Crippen LogP contribution >= 0.6 is 23.4 Å². The first-order chi connectivity index (χ1) is 14.0. The number of aryl methyl sites for hydroxylation is 1. The topological polar surface area (TPSA) is 69.0 Å². The molecule has 1 aromatic heterocycles. The number of allylic oxidation sites excluding steroid dienone is 1. The molecule has 8 heteroatoms. The molecule has 0 bridgehead atoms. The lowest BCUT2D eigenvalue weighted by atomic mass is 10.1. The van der Waals surface area contributed by atoms with Gasteiger partial charge in [0.25, 0.3) is 0 Å². The molecule has 1 heterocycles. The number of carbonyl (C=O) groups excluding carboxylic acids is 1. The number of amides is 1. The minimum atomic E-state index is -0.199. The summed E-state index contributed by atoms with van der Waals surface area (Å²) in [5, 5.41) is 12.5. The lowest BCUT2D eigenvalue weighted by molar-refractivity contribution is -0.113. The van der Waals surface area contributed by atoms with Gasteiger partial charge < -0.3 is 10.1 Å². The first kappa shape index (κ1) is 21.0. The predicted octanol–water partition coefficient (Wildman–Crippen LogP) is 4.83. The first-order valence-electron chi connectivity index (χ1n) is 8.89. The van der Waals surface area contributed by atoms with Gasteiger partial charge in [0.1, 0.15) is 5.75 Å². The maximum absolute atomic E-state index is 12.4. The van der Waals surface area contributed by atoms with Crippen LogP contribution in [-0.2, 0) is 11.3 Å². The van der Waals surface area contributed by atoms with Crippen molar-refractivity contribution in [3.05, 3.63) is 65.7 Å². The van der Waals surface area contributed by atoms with Crippen molar-refractivity contribution in [1.29, 1.82) is 0 Å². The zero-order chi connectivity index (χ0) is 20.8. The normalized spacial score (nSPS) is 10.6. The average molecular weight is 429 g/mol. The van der Waals surface area contributed by atoms with E-state index in [2.05, 4.69) is 22.1 Å². The molecule has 0 atom stereocenters. The molecule has 0 radical (unpaired) electrons. The van der Waals surface area contributed by atoms with Gasteiger partial charge in [-0.25, -0.2) is 0 Å². The van der Waals surface area contributed by atoms with Crippen molar-refractivity contribution in [2.24, 2.45) is 0 Å². The van der Waals surface area contributed by atoms with E-state index in [1.165, 1.54) is 17.3 Å². The van der Waals surface area contributed by atoms with Crippen LogP contribution in [0.3, 0.4) is 0 Å². The summed E-state index contributed by atoms with van der Waals surface area (Å²) in [4.78, 5) is 12.4. The second-order valence-corrected chi connectivity index (χ2v) is 7.60. The Morgan fingerprint density at radius 1 is 1.28 bits per heavy atom. The van der Waals surface area contributed by atoms with Crippen molar-refractivity contribution in [2.45, 2.75) is 18.6 Å². The van der Waals surface area contributed by atoms with Gasteiger partial charge in [-0.15, -0.1) is 16.8 Å². The van der Waals surface area contributed by atoms with Crippen molar-refractivity contribution < 1.29 is 9.53 Å². The molecule has 150 valence electrons. The quantitative estimate of drug-likeness (QED) is 0.411. The number of nitrogens with one attached hydrogen (secondary N) is 1. The third kappa shape index (κ3) is 5.19. The average Bonchev–Trinajstić information content (AvgIpc) is 3.11. The van der Waals surface area contributed by atoms with E-state index in [-0.39, 0.29) is 11.7 Å². The Kier molecular flexibility index (Phi) is 6.95. The van der Waals surface area contributed by atoms with Gasteiger partial charge in [0.05, 0.1) is 23.6 Å². The summed E-state index contributed by atoms with van der Waals surface area (Å²) in [5.74, 6) is 1.32. The highest BCUT2D eigenvalue weighted by Crippen LogP contribution is 2.28. The minimum absolute atomic E-state index is 0.163. The number of nitrogens with zero attached hydrogens (tertiary/aromatic N) is 3. The Balaban J connectivity index is 1.72. The van der Waals surface area contributed by atoms with Gasteiger partial charge >= 0.3 is 0 Å². The molecule has 29 heavy (non-hydrogen) atoms. The minimum Gasteiger partial charge on any atom is -0.497 e. The fraction of sp³-hybridized carbons (Fsp3) is 0.190. The van der Waals surface area contributed by atoms with Crippen LogP contribution in [-0.4, -0.2) is 33.5 Å². The number of hydrogen-bond acceptors (Lipinski definition) is 5. The van der Waals surface area contributed by atoms with Crippen LogP contribution in [0.2, 0.25) is 5.02 Å². The number of ether oxygens (including phenoxy) is 1. The van der Waals surface area contributed by atoms with Crippen LogP contribution < -0.4 is 10.1 Å². The molecule has 0 saturated heterocycles. The number of anilines is 1. The van der Waals surface area contributed by atoms with E-state index in [1.54, 1.807) is 31.4 Å². The van der Waals surface area contributed by atoms with Gasteiger partial charge in [0.2, 0.25) is 5.91 Å². The molecule has 1 amide bonds. The van der Waals surface area contributed by atoms with Crippen LogP contribution in [0.15, 0.2) is 60.3 Å². The van der Waals surface area contributed by atoms with E-state index >= 15 is 0 Å². The molecular formula is C21H21ClN4O2S. The smallest absolute Gasteiger partial charge is 0.234 e. The summed E-state index contributed by atoms with van der Waals surface area (Å²) in [6, 6.07) is 13.2. The summed E-state index contributed by atoms with van der Waals surface area (Å²) in [6.45, 7) is 6.39. The maximum atomic E-state index is 12.4. The Hall–Kier alpha value is -2.77. The molecule has 0 spiro atoms. The van der Waals surface area contributed by atoms with Crippen LogP contribution in [0.1, 0.15) is 5.56 Å². The van der Waals surface area contributed by atoms with Gasteiger partial charge in [-0.05, 0) is 19.1 Å². The highest BCUT2D eigenvalue weighted by Gasteiger charge is 2.15. The van der Waals surface area contributed by atoms with E-state index in [0.29, 0.717) is 28.2 Å². The van der Waals surface area contributed by atoms with Gasteiger partial charge in [-0.1, -0.05) is 59.3 Å². The first-order valence-corrected chi connectivity index (χ1v) is 10.3. The van der Waals surface area contributed by atoms with Crippen LogP contribution in [0.5, 0.6) is 5.75 Å². The van der Waals surface area contributed by atoms with Crippen molar-refractivity contribution in [2.75, 3.05) is 18.2 Å². The third-order valence-corrected chi connectivity index (χ3v) is 5.41. The Labute approximate surface area is 178 Å². The zero-order valence-electron chi connectivity index (χ0n) is 16.2. The monoisotopic (exact) mass is 428 g/mol. The van der Waals surface area contributed by atoms with Gasteiger partial charge in [-0.3, -0.25) is 9.36 Å². The molecular weight excluding hydrogens is 408 g/mol. The number of carbonyl (C=O) groups is 1. The number of aromatic nitrogens is 3. The van der Waals surface area contributed by atoms with E-state index in [9.17, 15) is 4.79 Å². The third-order valence-electron chi connectivity index (χ3n) is 4.12. The molecule has 2 aromatic carbocycles. The molecule has 0 fully saturated rings. The summed E-state index contributed by atoms with van der Waals surface area (Å²) >= 11 is 7.45. The number of hydrogen-bond donors (Lipinski definition) is 1. The van der Waals surface area contributed by atoms with Crippen LogP contribution in [0.4, 0.5) is 5.69 Å². The molecule has 0 aliphatic rings. The van der Waals surface area contributed by atoms with Crippen molar-refractivity contribution >= 4 is 35.0 Å². The molecule has 0 aliphatic carbocycles. The van der Waals surface area contributed by atoms with Crippen LogP contribution in [0, 0.1) is 6.92 Å². The van der Waals surface area contributed by atoms with E-state index in [1.807, 2.05) is 35.8 Å². The van der Waals surface area contributed by atoms with E-state index in [0.717, 1.165) is 11.4 Å². The summed E-state index contributed by atoms with van der Waals surface area (Å²) in [6.07, 6.45) is 1.78. The Bertz CT molecular complexity index is 1020. The van der Waals surface area contributed by atoms with Crippen molar-refractivity contribution in [3.8, 4) is 17.1 Å². The highest BCUT2D eigenvalue weighted by atomic mass is 35.5. The second kappa shape index (κ2) is 9.62. The number of benzene rings is 2. The zero-order valence-corrected chi connectivity index (χ0v) is 17.8. The van der Waals surface area contributed by atoms with E-state index < -0.39 is 0 Å². The lowest BCUT2D eigenvalue weighted by Crippen LogP contribution is -2.15. The highest BCUT2D eigenvalue weighted by molar-refractivity contribution is 7.99. The van der Waals surface area contributed by atoms with Crippen LogP contribution in [0.25, 0.3) is 11.4 Å². The molecule has 0 saturated carbocycles. The molecule has 3 aromatic rings. The van der Waals surface area contributed by atoms with Gasteiger partial charge in [0.15, 0.2) is 11.0 Å². The summed E-state index contributed by atoms with van der Waals surface area (Å²) < 4.78 is 7.11. The maximum Gasteiger partial charge on any atom is 0.234 e. The summed E-state index contributed by atoms with van der Waals surface area (Å²) in [5.41, 5.74) is 2.64. The number of halogens is 1. The molecule has 0 unspecified atom stereocenters. The number of rotatable bonds is 8. The predicted molar refractivity (Wildman–Crippen MR) is 118 cm³/mol. The lowest BCUT2D eigenvalue weighted by Gasteiger charge is -2.10. The fourth-order valence-corrected chi connectivity index (χ4v) is 3.56. The fourth-order valence-electron chi connectivity index (χ4n) is 2.65.